The Hall–Kier alpha value is -3.13. The third-order valence-corrected chi connectivity index (χ3v) is 4.65. The average Bonchev–Trinajstić information content (AvgIpc) is 3.23. The van der Waals surface area contributed by atoms with Crippen molar-refractivity contribution in [3.63, 3.8) is 0 Å². The van der Waals surface area contributed by atoms with Crippen LogP contribution in [0.25, 0.3) is 33.8 Å². The molecule has 1 aliphatic rings. The van der Waals surface area contributed by atoms with Crippen LogP contribution in [-0.2, 0) is 6.54 Å². The lowest BCUT2D eigenvalue weighted by Crippen LogP contribution is -1.94. The van der Waals surface area contributed by atoms with Gasteiger partial charge in [-0.3, -0.25) is 0 Å². The molecule has 0 saturated carbocycles. The second kappa shape index (κ2) is 5.20. The van der Waals surface area contributed by atoms with Crippen LogP contribution in [0.15, 0.2) is 85.1 Å². The fourth-order valence-electron chi connectivity index (χ4n) is 3.50. The van der Waals surface area contributed by atoms with Crippen molar-refractivity contribution >= 4 is 0 Å². The molecule has 2 heteroatoms. The summed E-state index contributed by atoms with van der Waals surface area (Å²) in [5, 5.41) is 0. The van der Waals surface area contributed by atoms with Crippen LogP contribution in [0.1, 0.15) is 5.56 Å². The highest BCUT2D eigenvalue weighted by molar-refractivity contribution is 5.84. The summed E-state index contributed by atoms with van der Waals surface area (Å²) >= 11 is 0. The highest BCUT2D eigenvalue weighted by Gasteiger charge is 2.22. The number of hydrogen-bond acceptors (Lipinski definition) is 1. The minimum atomic E-state index is 0.902. The lowest BCUT2D eigenvalue weighted by molar-refractivity contribution is 0.853. The van der Waals surface area contributed by atoms with Crippen LogP contribution in [0.3, 0.4) is 0 Å². The number of pyridine rings is 1. The Bertz CT molecular complexity index is 1010. The number of nitrogens with zero attached hydrogens (tertiary/aromatic N) is 2. The molecule has 0 spiro atoms. The molecule has 2 nitrogen and oxygen atoms in total. The van der Waals surface area contributed by atoms with E-state index in [1.54, 1.807) is 0 Å². The van der Waals surface area contributed by atoms with Gasteiger partial charge in [0.05, 0.1) is 17.1 Å². The van der Waals surface area contributed by atoms with Gasteiger partial charge >= 0.3 is 0 Å². The van der Waals surface area contributed by atoms with Crippen LogP contribution < -0.4 is 0 Å². The van der Waals surface area contributed by atoms with Gasteiger partial charge in [0.25, 0.3) is 0 Å². The van der Waals surface area contributed by atoms with Crippen molar-refractivity contribution in [2.24, 2.45) is 0 Å². The Morgan fingerprint density at radius 3 is 2.17 bits per heavy atom. The van der Waals surface area contributed by atoms with Crippen LogP contribution in [0.4, 0.5) is 0 Å². The van der Waals surface area contributed by atoms with Crippen molar-refractivity contribution in [3.8, 4) is 33.8 Å². The summed E-state index contributed by atoms with van der Waals surface area (Å²) in [7, 11) is 0. The van der Waals surface area contributed by atoms with Gasteiger partial charge in [0.2, 0.25) is 0 Å². The summed E-state index contributed by atoms with van der Waals surface area (Å²) < 4.78 is 2.27. The van der Waals surface area contributed by atoms with E-state index in [-0.39, 0.29) is 0 Å². The maximum Gasteiger partial charge on any atom is 0.0924 e. The first-order valence-corrected chi connectivity index (χ1v) is 8.20. The molecular weight excluding hydrogens is 292 g/mol. The zero-order chi connectivity index (χ0) is 15.9. The third-order valence-electron chi connectivity index (χ3n) is 4.65. The zero-order valence-electron chi connectivity index (χ0n) is 13.2. The van der Waals surface area contributed by atoms with Crippen molar-refractivity contribution in [1.82, 2.24) is 9.55 Å². The van der Waals surface area contributed by atoms with Gasteiger partial charge in [-0.05, 0) is 23.8 Å². The Balaban J connectivity index is 1.79. The molecule has 3 heterocycles. The summed E-state index contributed by atoms with van der Waals surface area (Å²) in [5.74, 6) is 0. The molecule has 0 amide bonds. The number of hydrogen-bond donors (Lipinski definition) is 0. The highest BCUT2D eigenvalue weighted by atomic mass is 15.0. The van der Waals surface area contributed by atoms with E-state index < -0.39 is 0 Å². The molecule has 24 heavy (non-hydrogen) atoms. The minimum absolute atomic E-state index is 0.902. The molecular formula is C22H16N2. The van der Waals surface area contributed by atoms with Crippen molar-refractivity contribution in [1.29, 1.82) is 0 Å². The molecule has 1 aliphatic heterocycles. The van der Waals surface area contributed by atoms with E-state index in [1.165, 1.54) is 22.4 Å². The largest absolute Gasteiger partial charge is 0.342 e. The SMILES string of the molecule is c1ccc(-c2cc3c(nc2-c2ccccc2)-c2cccn2C3)cc1. The minimum Gasteiger partial charge on any atom is -0.342 e. The summed E-state index contributed by atoms with van der Waals surface area (Å²) in [4.78, 5) is 5.09. The van der Waals surface area contributed by atoms with E-state index in [0.717, 1.165) is 23.5 Å². The molecule has 0 saturated heterocycles. The predicted molar refractivity (Wildman–Crippen MR) is 97.6 cm³/mol. The number of benzene rings is 2. The molecule has 0 atom stereocenters. The Morgan fingerprint density at radius 2 is 1.42 bits per heavy atom. The van der Waals surface area contributed by atoms with Gasteiger partial charge in [0, 0.05) is 29.4 Å². The zero-order valence-corrected chi connectivity index (χ0v) is 13.2. The van der Waals surface area contributed by atoms with Gasteiger partial charge in [0.15, 0.2) is 0 Å². The number of rotatable bonds is 2. The molecule has 0 N–H and O–H groups in total. The highest BCUT2D eigenvalue weighted by Crippen LogP contribution is 2.38. The smallest absolute Gasteiger partial charge is 0.0924 e. The van der Waals surface area contributed by atoms with Gasteiger partial charge < -0.3 is 4.57 Å². The summed E-state index contributed by atoms with van der Waals surface area (Å²) in [6, 6.07) is 27.5. The van der Waals surface area contributed by atoms with Crippen LogP contribution in [0.2, 0.25) is 0 Å². The lowest BCUT2D eigenvalue weighted by atomic mass is 9.96. The molecule has 2 aromatic heterocycles. The van der Waals surface area contributed by atoms with E-state index in [9.17, 15) is 0 Å². The molecule has 2 aromatic carbocycles. The predicted octanol–water partition coefficient (Wildman–Crippen LogP) is 5.25. The van der Waals surface area contributed by atoms with Crippen molar-refractivity contribution < 1.29 is 0 Å². The molecule has 4 aromatic rings. The normalized spacial score (nSPS) is 12.0. The van der Waals surface area contributed by atoms with Crippen molar-refractivity contribution in [2.45, 2.75) is 6.54 Å². The Morgan fingerprint density at radius 1 is 0.708 bits per heavy atom. The second-order valence-electron chi connectivity index (χ2n) is 6.15. The maximum atomic E-state index is 5.09. The van der Waals surface area contributed by atoms with Gasteiger partial charge in [-0.2, -0.15) is 0 Å². The van der Waals surface area contributed by atoms with Gasteiger partial charge in [-0.25, -0.2) is 4.98 Å². The molecule has 0 radical (unpaired) electrons. The molecule has 0 fully saturated rings. The van der Waals surface area contributed by atoms with E-state index >= 15 is 0 Å². The van der Waals surface area contributed by atoms with E-state index in [1.807, 2.05) is 6.07 Å². The maximum absolute atomic E-state index is 5.09. The topological polar surface area (TPSA) is 17.8 Å². The van der Waals surface area contributed by atoms with Gasteiger partial charge in [-0.1, -0.05) is 60.7 Å². The van der Waals surface area contributed by atoms with Gasteiger partial charge in [0.1, 0.15) is 0 Å². The van der Waals surface area contributed by atoms with Gasteiger partial charge in [-0.15, -0.1) is 0 Å². The van der Waals surface area contributed by atoms with Crippen molar-refractivity contribution in [2.75, 3.05) is 0 Å². The second-order valence-corrected chi connectivity index (χ2v) is 6.15. The fraction of sp³-hybridized carbons (Fsp3) is 0.0455. The van der Waals surface area contributed by atoms with Crippen molar-refractivity contribution in [3.05, 3.63) is 90.6 Å². The first kappa shape index (κ1) is 13.3. The number of aromatic nitrogens is 2. The monoisotopic (exact) mass is 308 g/mol. The first-order chi connectivity index (χ1) is 11.9. The third kappa shape index (κ3) is 2.00. The van der Waals surface area contributed by atoms with Crippen LogP contribution in [-0.4, -0.2) is 9.55 Å². The Kier molecular flexibility index (Phi) is 2.89. The summed E-state index contributed by atoms with van der Waals surface area (Å²) in [6.45, 7) is 0.902. The van der Waals surface area contributed by atoms with Crippen LogP contribution >= 0.6 is 0 Å². The molecule has 0 unspecified atom stereocenters. The molecule has 0 aliphatic carbocycles. The summed E-state index contributed by atoms with van der Waals surface area (Å²) in [6.07, 6.45) is 2.13. The quantitative estimate of drug-likeness (QED) is 0.436. The number of fused-ring (bicyclic) bond motifs is 3. The molecule has 5 rings (SSSR count). The van der Waals surface area contributed by atoms with E-state index in [4.69, 9.17) is 4.98 Å². The standard InChI is InChI=1S/C22H16N2/c1-3-8-16(9-4-1)19-14-18-15-24-13-7-12-20(24)22(18)23-21(19)17-10-5-2-6-11-17/h1-14H,15H2. The molecule has 114 valence electrons. The molecule has 0 bridgehead atoms. The van der Waals surface area contributed by atoms with Crippen LogP contribution in [0.5, 0.6) is 0 Å². The Labute approximate surface area is 141 Å². The first-order valence-electron chi connectivity index (χ1n) is 8.20. The fourth-order valence-corrected chi connectivity index (χ4v) is 3.50. The van der Waals surface area contributed by atoms with E-state index in [0.29, 0.717) is 0 Å². The lowest BCUT2D eigenvalue weighted by Gasteiger charge is -2.12. The van der Waals surface area contributed by atoms with Crippen LogP contribution in [0, 0.1) is 0 Å². The average molecular weight is 308 g/mol. The summed E-state index contributed by atoms with van der Waals surface area (Å²) in [5.41, 5.74) is 8.23. The van der Waals surface area contributed by atoms with E-state index in [2.05, 4.69) is 83.6 Å².